The second kappa shape index (κ2) is 6.74. The van der Waals surface area contributed by atoms with Gasteiger partial charge in [-0.1, -0.05) is 12.1 Å². The van der Waals surface area contributed by atoms with Gasteiger partial charge in [-0.3, -0.25) is 4.84 Å². The second-order valence-corrected chi connectivity index (χ2v) is 7.81. The molecule has 7 nitrogen and oxygen atoms in total. The molecule has 0 unspecified atom stereocenters. The Morgan fingerprint density at radius 3 is 2.43 bits per heavy atom. The summed E-state index contributed by atoms with van der Waals surface area (Å²) < 4.78 is 37.9. The highest BCUT2D eigenvalue weighted by Gasteiger charge is 2.45. The van der Waals surface area contributed by atoms with Crippen molar-refractivity contribution in [1.82, 2.24) is 9.37 Å². The van der Waals surface area contributed by atoms with Crippen LogP contribution in [0.2, 0.25) is 0 Å². The van der Waals surface area contributed by atoms with Gasteiger partial charge in [-0.25, -0.2) is 8.42 Å². The number of hydroxylamine groups is 2. The van der Waals surface area contributed by atoms with E-state index in [1.165, 1.54) is 4.31 Å². The molecule has 3 rings (SSSR count). The fourth-order valence-corrected chi connectivity index (χ4v) is 4.99. The lowest BCUT2D eigenvalue weighted by Gasteiger charge is -2.31. The highest BCUT2D eigenvalue weighted by atomic mass is 32.2. The van der Waals surface area contributed by atoms with Crippen molar-refractivity contribution in [2.45, 2.75) is 11.3 Å². The van der Waals surface area contributed by atoms with Crippen LogP contribution < -0.4 is 4.74 Å². The number of hydrogen-bond donors (Lipinski definition) is 0. The summed E-state index contributed by atoms with van der Waals surface area (Å²) >= 11 is 0. The summed E-state index contributed by atoms with van der Waals surface area (Å²) in [6.07, 6.45) is 0. The maximum Gasteiger partial charge on any atom is 0.221 e. The zero-order valence-electron chi connectivity index (χ0n) is 13.3. The molecular weight excluding hydrogens is 320 g/mol. The van der Waals surface area contributed by atoms with E-state index in [9.17, 15) is 8.42 Å². The Morgan fingerprint density at radius 1 is 1.17 bits per heavy atom. The molecule has 0 bridgehead atoms. The lowest BCUT2D eigenvalue weighted by molar-refractivity contribution is -0.110. The van der Waals surface area contributed by atoms with Crippen molar-refractivity contribution in [3.05, 3.63) is 29.8 Å². The summed E-state index contributed by atoms with van der Waals surface area (Å²) in [4.78, 5) is 5.53. The summed E-state index contributed by atoms with van der Waals surface area (Å²) in [7, 11) is -0.0820. The number of rotatable bonds is 4. The first-order valence-corrected chi connectivity index (χ1v) is 9.11. The predicted octanol–water partition coefficient (Wildman–Crippen LogP) is 0.644. The third-order valence-corrected chi connectivity index (χ3v) is 6.60. The molecule has 0 N–H and O–H groups in total. The Labute approximate surface area is 136 Å². The van der Waals surface area contributed by atoms with Crippen molar-refractivity contribution in [3.8, 4) is 5.75 Å². The zero-order chi connectivity index (χ0) is 16.4. The van der Waals surface area contributed by atoms with E-state index in [4.69, 9.17) is 14.3 Å². The van der Waals surface area contributed by atoms with Gasteiger partial charge in [-0.05, 0) is 17.7 Å². The van der Waals surface area contributed by atoms with Crippen LogP contribution >= 0.6 is 0 Å². The first-order chi connectivity index (χ1) is 11.0. The molecule has 2 heterocycles. The van der Waals surface area contributed by atoms with Crippen LogP contribution in [0.4, 0.5) is 0 Å². The Balaban J connectivity index is 1.87. The van der Waals surface area contributed by atoms with Crippen molar-refractivity contribution in [2.75, 3.05) is 47.1 Å². The van der Waals surface area contributed by atoms with Gasteiger partial charge < -0.3 is 9.47 Å². The summed E-state index contributed by atoms with van der Waals surface area (Å²) in [5.41, 5.74) is 0.896. The normalized spacial score (nSPS) is 27.2. The van der Waals surface area contributed by atoms with Gasteiger partial charge in [0.25, 0.3) is 0 Å². The van der Waals surface area contributed by atoms with Crippen LogP contribution in [-0.4, -0.2) is 70.1 Å². The second-order valence-electron chi connectivity index (χ2n) is 5.65. The lowest BCUT2D eigenvalue weighted by Crippen LogP contribution is -2.47. The third-order valence-electron chi connectivity index (χ3n) is 4.36. The molecule has 2 fully saturated rings. The topological polar surface area (TPSA) is 68.3 Å². The summed E-state index contributed by atoms with van der Waals surface area (Å²) in [5.74, 6) is 0.739. The van der Waals surface area contributed by atoms with Crippen LogP contribution in [0.15, 0.2) is 24.3 Å². The van der Waals surface area contributed by atoms with Gasteiger partial charge >= 0.3 is 0 Å². The standard InChI is InChI=1S/C15H22N2O5S/c1-16-15(12-3-5-13(20-2)6-4-12)14(11-22-16)23(18,19)17-7-9-21-10-8-17/h3-6,14-15H,7-11H2,1-2H3/t14-,15-/m0/s1. The van der Waals surface area contributed by atoms with Gasteiger partial charge in [-0.2, -0.15) is 9.37 Å². The monoisotopic (exact) mass is 342 g/mol. The molecule has 0 aromatic heterocycles. The predicted molar refractivity (Wildman–Crippen MR) is 84.5 cm³/mol. The van der Waals surface area contributed by atoms with E-state index >= 15 is 0 Å². The first kappa shape index (κ1) is 16.7. The van der Waals surface area contributed by atoms with E-state index in [1.807, 2.05) is 24.3 Å². The summed E-state index contributed by atoms with van der Waals surface area (Å²) in [5, 5.41) is 1.00. The van der Waals surface area contributed by atoms with Gasteiger partial charge in [-0.15, -0.1) is 0 Å². The van der Waals surface area contributed by atoms with E-state index < -0.39 is 15.3 Å². The molecule has 23 heavy (non-hydrogen) atoms. The Hall–Kier alpha value is -1.19. The Bertz CT molecular complexity index is 628. The Kier molecular flexibility index (Phi) is 4.88. The van der Waals surface area contributed by atoms with Gasteiger partial charge in [0.2, 0.25) is 10.0 Å². The number of sulfonamides is 1. The number of hydrogen-bond acceptors (Lipinski definition) is 6. The van der Waals surface area contributed by atoms with E-state index in [-0.39, 0.29) is 12.6 Å². The van der Waals surface area contributed by atoms with E-state index in [1.54, 1.807) is 19.2 Å². The largest absolute Gasteiger partial charge is 0.497 e. The van der Waals surface area contributed by atoms with Crippen molar-refractivity contribution >= 4 is 10.0 Å². The number of nitrogens with zero attached hydrogens (tertiary/aromatic N) is 2. The molecule has 2 aliphatic rings. The van der Waals surface area contributed by atoms with Crippen LogP contribution in [-0.2, 0) is 19.6 Å². The molecule has 2 saturated heterocycles. The molecule has 0 amide bonds. The lowest BCUT2D eigenvalue weighted by atomic mass is 10.0. The molecule has 0 radical (unpaired) electrons. The van der Waals surface area contributed by atoms with Crippen LogP contribution in [0.3, 0.4) is 0 Å². The smallest absolute Gasteiger partial charge is 0.221 e. The highest BCUT2D eigenvalue weighted by molar-refractivity contribution is 7.89. The van der Waals surface area contributed by atoms with Crippen LogP contribution in [0.5, 0.6) is 5.75 Å². The fourth-order valence-electron chi connectivity index (χ4n) is 3.06. The minimum Gasteiger partial charge on any atom is -0.497 e. The van der Waals surface area contributed by atoms with Crippen LogP contribution in [0.1, 0.15) is 11.6 Å². The molecule has 1 aromatic rings. The maximum atomic E-state index is 13.0. The van der Waals surface area contributed by atoms with Gasteiger partial charge in [0.15, 0.2) is 0 Å². The van der Waals surface area contributed by atoms with Crippen LogP contribution in [0.25, 0.3) is 0 Å². The number of ether oxygens (including phenoxy) is 2. The van der Waals surface area contributed by atoms with Crippen molar-refractivity contribution in [3.63, 3.8) is 0 Å². The molecule has 0 aliphatic carbocycles. The van der Waals surface area contributed by atoms with Crippen LogP contribution in [0, 0.1) is 0 Å². The number of benzene rings is 1. The molecule has 0 spiro atoms. The molecule has 8 heteroatoms. The first-order valence-electron chi connectivity index (χ1n) is 7.60. The molecule has 128 valence electrons. The highest BCUT2D eigenvalue weighted by Crippen LogP contribution is 2.35. The summed E-state index contributed by atoms with van der Waals surface area (Å²) in [6.45, 7) is 1.84. The third kappa shape index (κ3) is 3.22. The molecule has 0 saturated carbocycles. The van der Waals surface area contributed by atoms with Gasteiger partial charge in [0, 0.05) is 20.1 Å². The van der Waals surface area contributed by atoms with Crippen molar-refractivity contribution in [1.29, 1.82) is 0 Å². The van der Waals surface area contributed by atoms with E-state index in [0.29, 0.717) is 26.3 Å². The quantitative estimate of drug-likeness (QED) is 0.800. The SMILES string of the molecule is COc1ccc([C@H]2[C@@H](S(=O)(=O)N3CCOCC3)CON2C)cc1. The fraction of sp³-hybridized carbons (Fsp3) is 0.600. The van der Waals surface area contributed by atoms with E-state index in [0.717, 1.165) is 11.3 Å². The van der Waals surface area contributed by atoms with Crippen molar-refractivity contribution in [2.24, 2.45) is 0 Å². The van der Waals surface area contributed by atoms with E-state index in [2.05, 4.69) is 0 Å². The maximum absolute atomic E-state index is 13.0. The summed E-state index contributed by atoms with van der Waals surface area (Å²) in [6, 6.07) is 7.10. The molecule has 2 atom stereocenters. The van der Waals surface area contributed by atoms with Crippen molar-refractivity contribution < 1.29 is 22.7 Å². The number of methoxy groups -OCH3 is 1. The minimum atomic E-state index is -3.45. The average Bonchev–Trinajstić information content (AvgIpc) is 2.98. The number of morpholine rings is 1. The average molecular weight is 342 g/mol. The van der Waals surface area contributed by atoms with Gasteiger partial charge in [0.1, 0.15) is 11.0 Å². The molecular formula is C15H22N2O5S. The van der Waals surface area contributed by atoms with Gasteiger partial charge in [0.05, 0.1) is 33.0 Å². The Morgan fingerprint density at radius 2 is 1.83 bits per heavy atom. The minimum absolute atomic E-state index is 0.160. The molecule has 2 aliphatic heterocycles. The zero-order valence-corrected chi connectivity index (χ0v) is 14.2. The molecule has 1 aromatic carbocycles.